The van der Waals surface area contributed by atoms with Gasteiger partial charge < -0.3 is 5.32 Å². The van der Waals surface area contributed by atoms with Crippen LogP contribution >= 0.6 is 15.9 Å². The summed E-state index contributed by atoms with van der Waals surface area (Å²) in [7, 11) is 0. The molecule has 0 aliphatic carbocycles. The molecular weight excluding hydrogens is 346 g/mol. The third-order valence-corrected chi connectivity index (χ3v) is 3.73. The predicted molar refractivity (Wildman–Crippen MR) is 88.3 cm³/mol. The van der Waals surface area contributed by atoms with E-state index < -0.39 is 0 Å². The van der Waals surface area contributed by atoms with Gasteiger partial charge in [0.05, 0.1) is 5.69 Å². The van der Waals surface area contributed by atoms with Gasteiger partial charge in [0, 0.05) is 16.2 Å². The maximum atomic E-state index is 12.5. The van der Waals surface area contributed by atoms with Crippen LogP contribution in [0.4, 0.5) is 5.69 Å². The number of carbonyl (C=O) groups excluding carboxylic acids is 1. The minimum atomic E-state index is -0.348. The number of hydrogen-bond donors (Lipinski definition) is 1. The van der Waals surface area contributed by atoms with Gasteiger partial charge in [0.15, 0.2) is 0 Å². The fraction of sp³-hybridized carbons (Fsp3) is 0.0625. The quantitative estimate of drug-likeness (QED) is 0.766. The van der Waals surface area contributed by atoms with Crippen molar-refractivity contribution >= 4 is 33.2 Å². The molecule has 3 aromatic rings. The number of pyridine rings is 1. The summed E-state index contributed by atoms with van der Waals surface area (Å²) in [6.45, 7) is 1.70. The molecule has 0 fully saturated rings. The molecule has 0 spiro atoms. The zero-order valence-electron chi connectivity index (χ0n) is 11.7. The van der Waals surface area contributed by atoms with Gasteiger partial charge in [-0.15, -0.1) is 0 Å². The molecule has 0 aliphatic rings. The maximum absolute atomic E-state index is 12.5. The number of aromatic nitrogens is 2. The summed E-state index contributed by atoms with van der Waals surface area (Å²) in [6, 6.07) is 12.3. The van der Waals surface area contributed by atoms with E-state index >= 15 is 0 Å². The number of amides is 1. The molecule has 22 heavy (non-hydrogen) atoms. The first-order valence-corrected chi connectivity index (χ1v) is 7.40. The third-order valence-electron chi connectivity index (χ3n) is 3.24. The first-order chi connectivity index (χ1) is 10.6. The third kappa shape index (κ3) is 2.65. The van der Waals surface area contributed by atoms with Crippen molar-refractivity contribution in [2.75, 3.05) is 5.32 Å². The Hall–Kier alpha value is -2.47. The average Bonchev–Trinajstić information content (AvgIpc) is 2.51. The standard InChI is InChI=1S/C16H12BrN3O2/c1-10-14(16(22)20-8-3-2-7-13(20)18-10)19-15(21)11-5-4-6-12(17)9-11/h2-9H,1H3,(H,19,21). The van der Waals surface area contributed by atoms with E-state index in [0.717, 1.165) is 4.47 Å². The highest BCUT2D eigenvalue weighted by molar-refractivity contribution is 9.10. The van der Waals surface area contributed by atoms with Crippen LogP contribution < -0.4 is 10.9 Å². The molecule has 2 aromatic heterocycles. The van der Waals surface area contributed by atoms with Crippen LogP contribution in [-0.2, 0) is 0 Å². The fourth-order valence-corrected chi connectivity index (χ4v) is 2.56. The molecule has 110 valence electrons. The minimum absolute atomic E-state index is 0.189. The summed E-state index contributed by atoms with van der Waals surface area (Å²) in [4.78, 5) is 29.1. The van der Waals surface area contributed by atoms with E-state index in [0.29, 0.717) is 16.9 Å². The number of aryl methyl sites for hydroxylation is 1. The van der Waals surface area contributed by atoms with Crippen LogP contribution in [0.1, 0.15) is 16.1 Å². The van der Waals surface area contributed by atoms with Crippen LogP contribution in [0.2, 0.25) is 0 Å². The molecule has 5 nitrogen and oxygen atoms in total. The highest BCUT2D eigenvalue weighted by Gasteiger charge is 2.14. The first kappa shape index (κ1) is 14.5. The summed E-state index contributed by atoms with van der Waals surface area (Å²) < 4.78 is 2.20. The van der Waals surface area contributed by atoms with Crippen LogP contribution in [0.15, 0.2) is 57.9 Å². The van der Waals surface area contributed by atoms with Gasteiger partial charge in [-0.3, -0.25) is 14.0 Å². The van der Waals surface area contributed by atoms with Gasteiger partial charge in [0.25, 0.3) is 11.5 Å². The van der Waals surface area contributed by atoms with Gasteiger partial charge in [0.1, 0.15) is 11.3 Å². The van der Waals surface area contributed by atoms with Crippen molar-refractivity contribution in [3.63, 3.8) is 0 Å². The molecule has 0 saturated carbocycles. The first-order valence-electron chi connectivity index (χ1n) is 6.61. The highest BCUT2D eigenvalue weighted by Crippen LogP contribution is 2.14. The number of halogens is 1. The largest absolute Gasteiger partial charge is 0.316 e. The van der Waals surface area contributed by atoms with Crippen LogP contribution in [0, 0.1) is 6.92 Å². The van der Waals surface area contributed by atoms with Crippen LogP contribution in [-0.4, -0.2) is 15.3 Å². The van der Waals surface area contributed by atoms with Gasteiger partial charge in [-0.25, -0.2) is 4.98 Å². The molecular formula is C16H12BrN3O2. The van der Waals surface area contributed by atoms with E-state index in [4.69, 9.17) is 0 Å². The Morgan fingerprint density at radius 3 is 2.82 bits per heavy atom. The Morgan fingerprint density at radius 1 is 1.23 bits per heavy atom. The van der Waals surface area contributed by atoms with E-state index in [2.05, 4.69) is 26.2 Å². The maximum Gasteiger partial charge on any atom is 0.281 e. The number of rotatable bonds is 2. The molecule has 0 bridgehead atoms. The Morgan fingerprint density at radius 2 is 2.05 bits per heavy atom. The molecule has 0 aliphatic heterocycles. The molecule has 0 radical (unpaired) electrons. The molecule has 1 aromatic carbocycles. The number of fused-ring (bicyclic) bond motifs is 1. The summed E-state index contributed by atoms with van der Waals surface area (Å²) in [5.41, 5.74) is 1.39. The topological polar surface area (TPSA) is 63.5 Å². The Bertz CT molecular complexity index is 934. The second-order valence-electron chi connectivity index (χ2n) is 4.77. The number of anilines is 1. The minimum Gasteiger partial charge on any atom is -0.316 e. The van der Waals surface area contributed by atoms with Crippen molar-refractivity contribution in [2.45, 2.75) is 6.92 Å². The summed E-state index contributed by atoms with van der Waals surface area (Å²) >= 11 is 3.32. The Kier molecular flexibility index (Phi) is 3.77. The van der Waals surface area contributed by atoms with E-state index in [1.807, 2.05) is 6.07 Å². The van der Waals surface area contributed by atoms with Gasteiger partial charge in [-0.1, -0.05) is 28.1 Å². The number of hydrogen-bond acceptors (Lipinski definition) is 3. The lowest BCUT2D eigenvalue weighted by Gasteiger charge is -2.09. The van der Waals surface area contributed by atoms with Crippen molar-refractivity contribution in [1.82, 2.24) is 9.38 Å². The van der Waals surface area contributed by atoms with E-state index in [1.54, 1.807) is 49.5 Å². The highest BCUT2D eigenvalue weighted by atomic mass is 79.9. The zero-order chi connectivity index (χ0) is 15.7. The van der Waals surface area contributed by atoms with Crippen LogP contribution in [0.25, 0.3) is 5.65 Å². The monoisotopic (exact) mass is 357 g/mol. The van der Waals surface area contributed by atoms with Crippen LogP contribution in [0.3, 0.4) is 0 Å². The van der Waals surface area contributed by atoms with Crippen molar-refractivity contribution in [3.8, 4) is 0 Å². The van der Waals surface area contributed by atoms with Gasteiger partial charge in [-0.05, 0) is 37.3 Å². The van der Waals surface area contributed by atoms with E-state index in [1.165, 1.54) is 4.40 Å². The lowest BCUT2D eigenvalue weighted by molar-refractivity contribution is 0.102. The molecule has 0 unspecified atom stereocenters. The molecule has 2 heterocycles. The molecule has 6 heteroatoms. The summed E-state index contributed by atoms with van der Waals surface area (Å²) in [6.07, 6.45) is 1.62. The SMILES string of the molecule is Cc1nc2ccccn2c(=O)c1NC(=O)c1cccc(Br)c1. The Balaban J connectivity index is 2.04. The van der Waals surface area contributed by atoms with E-state index in [-0.39, 0.29) is 17.2 Å². The van der Waals surface area contributed by atoms with Gasteiger partial charge in [0.2, 0.25) is 0 Å². The molecule has 0 atom stereocenters. The second kappa shape index (κ2) is 5.73. The van der Waals surface area contributed by atoms with E-state index in [9.17, 15) is 9.59 Å². The fourth-order valence-electron chi connectivity index (χ4n) is 2.16. The molecule has 0 saturated heterocycles. The second-order valence-corrected chi connectivity index (χ2v) is 5.69. The summed E-state index contributed by atoms with van der Waals surface area (Å²) in [5, 5.41) is 2.66. The van der Waals surface area contributed by atoms with Gasteiger partial charge in [-0.2, -0.15) is 0 Å². The van der Waals surface area contributed by atoms with Crippen LogP contribution in [0.5, 0.6) is 0 Å². The molecule has 1 N–H and O–H groups in total. The normalized spacial score (nSPS) is 10.6. The Labute approximate surface area is 134 Å². The molecule has 3 rings (SSSR count). The van der Waals surface area contributed by atoms with Crippen molar-refractivity contribution < 1.29 is 4.79 Å². The van der Waals surface area contributed by atoms with Crippen molar-refractivity contribution in [3.05, 3.63) is 74.7 Å². The number of carbonyl (C=O) groups is 1. The van der Waals surface area contributed by atoms with Crippen molar-refractivity contribution in [1.29, 1.82) is 0 Å². The summed E-state index contributed by atoms with van der Waals surface area (Å²) in [5.74, 6) is -0.348. The van der Waals surface area contributed by atoms with Crippen molar-refractivity contribution in [2.24, 2.45) is 0 Å². The molecule has 1 amide bonds. The predicted octanol–water partition coefficient (Wildman–Crippen LogP) is 3.02. The number of nitrogens with zero attached hydrogens (tertiary/aromatic N) is 2. The number of benzene rings is 1. The lowest BCUT2D eigenvalue weighted by Crippen LogP contribution is -2.24. The smallest absolute Gasteiger partial charge is 0.281 e. The van der Waals surface area contributed by atoms with Gasteiger partial charge >= 0.3 is 0 Å². The lowest BCUT2D eigenvalue weighted by atomic mass is 10.2. The average molecular weight is 358 g/mol. The zero-order valence-corrected chi connectivity index (χ0v) is 13.3. The number of nitrogens with one attached hydrogen (secondary N) is 1.